The van der Waals surface area contributed by atoms with Gasteiger partial charge in [0, 0.05) is 38.2 Å². The number of benzene rings is 2. The highest BCUT2D eigenvalue weighted by atomic mass is 32.2. The fourth-order valence-corrected chi connectivity index (χ4v) is 4.74. The van der Waals surface area contributed by atoms with Gasteiger partial charge in [0.25, 0.3) is 5.91 Å². The van der Waals surface area contributed by atoms with Crippen LogP contribution < -0.4 is 10.0 Å². The first-order valence-corrected chi connectivity index (χ1v) is 11.9. The largest absolute Gasteiger partial charge is 0.359 e. The monoisotopic (exact) mass is 443 g/mol. The number of carbonyl (C=O) groups excluding carboxylic acids is 2. The van der Waals surface area contributed by atoms with E-state index in [1.165, 1.54) is 0 Å². The number of amides is 2. The van der Waals surface area contributed by atoms with Crippen molar-refractivity contribution in [1.29, 1.82) is 0 Å². The lowest BCUT2D eigenvalue weighted by Gasteiger charge is -2.31. The molecule has 0 atom stereocenters. The van der Waals surface area contributed by atoms with E-state index in [9.17, 15) is 18.0 Å². The maximum Gasteiger partial charge on any atom is 0.253 e. The van der Waals surface area contributed by atoms with E-state index >= 15 is 0 Å². The third-order valence-electron chi connectivity index (χ3n) is 5.86. The minimum Gasteiger partial charge on any atom is -0.359 e. The molecule has 1 aliphatic rings. The lowest BCUT2D eigenvalue weighted by molar-refractivity contribution is -0.125. The summed E-state index contributed by atoms with van der Waals surface area (Å²) >= 11 is 0. The molecule has 3 rings (SSSR count). The highest BCUT2D eigenvalue weighted by Gasteiger charge is 2.27. The Labute approximate surface area is 183 Å². The van der Waals surface area contributed by atoms with Crippen molar-refractivity contribution < 1.29 is 18.0 Å². The average Bonchev–Trinajstić information content (AvgIpc) is 2.79. The molecule has 0 radical (unpaired) electrons. The van der Waals surface area contributed by atoms with E-state index in [2.05, 4.69) is 10.0 Å². The summed E-state index contributed by atoms with van der Waals surface area (Å²) in [5, 5.41) is 2.66. The van der Waals surface area contributed by atoms with E-state index in [0.29, 0.717) is 31.5 Å². The van der Waals surface area contributed by atoms with Crippen LogP contribution in [0.15, 0.2) is 47.4 Å². The molecule has 0 saturated carbocycles. The number of hydrogen-bond donors (Lipinski definition) is 2. The van der Waals surface area contributed by atoms with Crippen LogP contribution in [0.4, 0.5) is 0 Å². The van der Waals surface area contributed by atoms with Gasteiger partial charge < -0.3 is 10.2 Å². The average molecular weight is 444 g/mol. The van der Waals surface area contributed by atoms with Crippen LogP contribution >= 0.6 is 0 Å². The maximum atomic E-state index is 12.7. The van der Waals surface area contributed by atoms with E-state index < -0.39 is 10.0 Å². The summed E-state index contributed by atoms with van der Waals surface area (Å²) in [7, 11) is -1.99. The SMILES string of the molecule is CNC(=O)C1CCN(C(=O)c2ccc(CNS(=O)(=O)c3ccc(C)c(C)c3)cc2)CC1. The standard InChI is InChI=1S/C23H29N3O4S/c1-16-4-9-21(14-17(16)2)31(29,30)25-15-18-5-7-20(8-6-18)23(28)26-12-10-19(11-13-26)22(27)24-3/h4-9,14,19,25H,10-13,15H2,1-3H3,(H,24,27). The molecule has 31 heavy (non-hydrogen) atoms. The van der Waals surface area contributed by atoms with Crippen molar-refractivity contribution in [1.82, 2.24) is 14.9 Å². The number of piperidine rings is 1. The second kappa shape index (κ2) is 9.62. The normalized spacial score (nSPS) is 15.0. The molecule has 1 aliphatic heterocycles. The van der Waals surface area contributed by atoms with Crippen LogP contribution in [-0.2, 0) is 21.4 Å². The molecule has 1 saturated heterocycles. The molecule has 0 aliphatic carbocycles. The smallest absolute Gasteiger partial charge is 0.253 e. The molecule has 166 valence electrons. The van der Waals surface area contributed by atoms with Crippen LogP contribution in [0.25, 0.3) is 0 Å². The van der Waals surface area contributed by atoms with Gasteiger partial charge in [-0.15, -0.1) is 0 Å². The summed E-state index contributed by atoms with van der Waals surface area (Å²) in [6.07, 6.45) is 1.31. The number of sulfonamides is 1. The highest BCUT2D eigenvalue weighted by molar-refractivity contribution is 7.89. The number of carbonyl (C=O) groups is 2. The molecule has 8 heteroatoms. The Morgan fingerprint density at radius 2 is 1.65 bits per heavy atom. The minimum absolute atomic E-state index is 0.0275. The first-order valence-electron chi connectivity index (χ1n) is 10.4. The van der Waals surface area contributed by atoms with Crippen molar-refractivity contribution in [2.75, 3.05) is 20.1 Å². The van der Waals surface area contributed by atoms with Gasteiger partial charge in [-0.05, 0) is 67.6 Å². The summed E-state index contributed by atoms with van der Waals surface area (Å²) in [5.74, 6) is -0.0842. The van der Waals surface area contributed by atoms with Gasteiger partial charge in [0.2, 0.25) is 15.9 Å². The quantitative estimate of drug-likeness (QED) is 0.717. The predicted octanol–water partition coefficient (Wildman–Crippen LogP) is 2.38. The lowest BCUT2D eigenvalue weighted by Crippen LogP contribution is -2.42. The zero-order chi connectivity index (χ0) is 22.6. The molecule has 2 aromatic carbocycles. The van der Waals surface area contributed by atoms with Crippen LogP contribution in [0.5, 0.6) is 0 Å². The molecule has 2 amide bonds. The molecule has 2 N–H and O–H groups in total. The fraction of sp³-hybridized carbons (Fsp3) is 0.391. The van der Waals surface area contributed by atoms with Gasteiger partial charge in [0.1, 0.15) is 0 Å². The van der Waals surface area contributed by atoms with Gasteiger partial charge in [-0.1, -0.05) is 18.2 Å². The van der Waals surface area contributed by atoms with Crippen molar-refractivity contribution in [2.45, 2.75) is 38.1 Å². The summed E-state index contributed by atoms with van der Waals surface area (Å²) < 4.78 is 27.7. The van der Waals surface area contributed by atoms with E-state index in [1.54, 1.807) is 54.4 Å². The Balaban J connectivity index is 1.58. The Morgan fingerprint density at radius 1 is 1.00 bits per heavy atom. The van der Waals surface area contributed by atoms with E-state index in [-0.39, 0.29) is 29.2 Å². The number of rotatable bonds is 6. The zero-order valence-corrected chi connectivity index (χ0v) is 19.0. The van der Waals surface area contributed by atoms with Gasteiger partial charge in [0.05, 0.1) is 4.90 Å². The van der Waals surface area contributed by atoms with Gasteiger partial charge in [-0.2, -0.15) is 0 Å². The van der Waals surface area contributed by atoms with Crippen molar-refractivity contribution in [2.24, 2.45) is 5.92 Å². The molecule has 1 heterocycles. The van der Waals surface area contributed by atoms with Crippen molar-refractivity contribution in [3.63, 3.8) is 0 Å². The van der Waals surface area contributed by atoms with Crippen LogP contribution in [0.3, 0.4) is 0 Å². The predicted molar refractivity (Wildman–Crippen MR) is 119 cm³/mol. The third kappa shape index (κ3) is 5.51. The fourth-order valence-electron chi connectivity index (χ4n) is 3.64. The van der Waals surface area contributed by atoms with Gasteiger partial charge >= 0.3 is 0 Å². The van der Waals surface area contributed by atoms with Gasteiger partial charge in [0.15, 0.2) is 0 Å². The molecular formula is C23H29N3O4S. The van der Waals surface area contributed by atoms with Crippen molar-refractivity contribution in [3.05, 3.63) is 64.7 Å². The van der Waals surface area contributed by atoms with Crippen LogP contribution in [0.1, 0.15) is 39.9 Å². The first-order chi connectivity index (χ1) is 14.7. The lowest BCUT2D eigenvalue weighted by atomic mass is 9.95. The Kier molecular flexibility index (Phi) is 7.12. The number of hydrogen-bond acceptors (Lipinski definition) is 4. The van der Waals surface area contributed by atoms with Gasteiger partial charge in [-0.3, -0.25) is 9.59 Å². The van der Waals surface area contributed by atoms with Crippen molar-refractivity contribution in [3.8, 4) is 0 Å². The second-order valence-corrected chi connectivity index (χ2v) is 9.72. The van der Waals surface area contributed by atoms with Gasteiger partial charge in [-0.25, -0.2) is 13.1 Å². The summed E-state index contributed by atoms with van der Waals surface area (Å²) in [6, 6.07) is 12.0. The molecule has 1 fully saturated rings. The summed E-state index contributed by atoms with van der Waals surface area (Å²) in [6.45, 7) is 5.06. The topological polar surface area (TPSA) is 95.6 Å². The minimum atomic E-state index is -3.61. The third-order valence-corrected chi connectivity index (χ3v) is 7.25. The molecule has 2 aromatic rings. The van der Waals surface area contributed by atoms with Crippen LogP contribution in [-0.4, -0.2) is 45.3 Å². The number of aryl methyl sites for hydroxylation is 2. The van der Waals surface area contributed by atoms with E-state index in [1.807, 2.05) is 13.8 Å². The van der Waals surface area contributed by atoms with Crippen LogP contribution in [0.2, 0.25) is 0 Å². The zero-order valence-electron chi connectivity index (χ0n) is 18.1. The molecular weight excluding hydrogens is 414 g/mol. The molecule has 0 spiro atoms. The second-order valence-electron chi connectivity index (χ2n) is 7.95. The molecule has 0 bridgehead atoms. The van der Waals surface area contributed by atoms with E-state index in [0.717, 1.165) is 16.7 Å². The maximum absolute atomic E-state index is 12.7. The Bertz CT molecular complexity index is 1060. The molecule has 0 unspecified atom stereocenters. The first kappa shape index (κ1) is 23.0. The highest BCUT2D eigenvalue weighted by Crippen LogP contribution is 2.20. The molecule has 7 nitrogen and oxygen atoms in total. The Morgan fingerprint density at radius 3 is 2.23 bits per heavy atom. The van der Waals surface area contributed by atoms with Crippen LogP contribution in [0, 0.1) is 19.8 Å². The molecule has 0 aromatic heterocycles. The Hall–Kier alpha value is -2.71. The number of likely N-dealkylation sites (tertiary alicyclic amines) is 1. The van der Waals surface area contributed by atoms with E-state index in [4.69, 9.17) is 0 Å². The summed E-state index contributed by atoms with van der Waals surface area (Å²) in [4.78, 5) is 26.5. The number of nitrogens with zero attached hydrogens (tertiary/aromatic N) is 1. The number of nitrogens with one attached hydrogen (secondary N) is 2. The van der Waals surface area contributed by atoms with Crippen molar-refractivity contribution >= 4 is 21.8 Å². The summed E-state index contributed by atoms with van der Waals surface area (Å²) in [5.41, 5.74) is 3.28.